The number of carbonyl (C=O) groups is 3. The summed E-state index contributed by atoms with van der Waals surface area (Å²) in [5.74, 6) is -1.57. The standard InChI is InChI=1S/C15H27FN6O3/c16-8-12(23)10(4-3-6-20-15(18)19)21-14(25)11-5-1-2-7-22(11)13(24)9-17/h10-11H,1-9,17H2,(H,21,25)(H4,18,19,20)/t10-,11-/m0/s1. The summed E-state index contributed by atoms with van der Waals surface area (Å²) in [5, 5.41) is 2.56. The summed E-state index contributed by atoms with van der Waals surface area (Å²) < 4.78 is 12.8. The molecule has 0 radical (unpaired) electrons. The van der Waals surface area contributed by atoms with Crippen molar-refractivity contribution >= 4 is 23.6 Å². The van der Waals surface area contributed by atoms with Crippen molar-refractivity contribution < 1.29 is 18.8 Å². The Kier molecular flexibility index (Phi) is 8.82. The van der Waals surface area contributed by atoms with Crippen LogP contribution in [-0.2, 0) is 14.4 Å². The van der Waals surface area contributed by atoms with E-state index in [1.54, 1.807) is 0 Å². The maximum atomic E-state index is 12.8. The third-order valence-corrected chi connectivity index (χ3v) is 4.08. The van der Waals surface area contributed by atoms with Gasteiger partial charge in [0.25, 0.3) is 0 Å². The van der Waals surface area contributed by atoms with Crippen LogP contribution in [0.4, 0.5) is 4.39 Å². The number of halogens is 1. The van der Waals surface area contributed by atoms with E-state index in [0.717, 1.165) is 12.8 Å². The highest BCUT2D eigenvalue weighted by molar-refractivity contribution is 5.93. The molecule has 0 aromatic heterocycles. The lowest BCUT2D eigenvalue weighted by atomic mass is 9.99. The SMILES string of the molecule is NCC(=O)N1CCCC[C@H]1C(=O)N[C@@H](CCCN=C(N)N)C(=O)CF. The highest BCUT2D eigenvalue weighted by Crippen LogP contribution is 2.17. The van der Waals surface area contributed by atoms with Crippen LogP contribution in [-0.4, -0.2) is 66.8 Å². The largest absolute Gasteiger partial charge is 0.370 e. The lowest BCUT2D eigenvalue weighted by Gasteiger charge is -2.35. The van der Waals surface area contributed by atoms with Crippen molar-refractivity contribution in [3.05, 3.63) is 0 Å². The van der Waals surface area contributed by atoms with Gasteiger partial charge in [0.2, 0.25) is 11.8 Å². The minimum absolute atomic E-state index is 0.0736. The average Bonchev–Trinajstić information content (AvgIpc) is 2.62. The van der Waals surface area contributed by atoms with Crippen LogP contribution in [0, 0.1) is 0 Å². The molecule has 1 saturated heterocycles. The van der Waals surface area contributed by atoms with E-state index in [0.29, 0.717) is 19.4 Å². The molecule has 1 fully saturated rings. The van der Waals surface area contributed by atoms with Gasteiger partial charge in [0.15, 0.2) is 11.7 Å². The molecule has 0 aliphatic carbocycles. The summed E-state index contributed by atoms with van der Waals surface area (Å²) in [6, 6.07) is -1.65. The van der Waals surface area contributed by atoms with Crippen LogP contribution >= 0.6 is 0 Å². The first kappa shape index (κ1) is 20.8. The lowest BCUT2D eigenvalue weighted by Crippen LogP contribution is -2.56. The molecule has 0 bridgehead atoms. The normalized spacial score (nSPS) is 18.3. The monoisotopic (exact) mass is 358 g/mol. The number of ketones is 1. The highest BCUT2D eigenvalue weighted by atomic mass is 19.1. The maximum Gasteiger partial charge on any atom is 0.243 e. The molecule has 25 heavy (non-hydrogen) atoms. The molecule has 0 aromatic rings. The Hall–Kier alpha value is -2.23. The van der Waals surface area contributed by atoms with E-state index in [4.69, 9.17) is 17.2 Å². The van der Waals surface area contributed by atoms with E-state index in [2.05, 4.69) is 10.3 Å². The number of alkyl halides is 1. The van der Waals surface area contributed by atoms with Gasteiger partial charge in [0.1, 0.15) is 12.7 Å². The number of carbonyl (C=O) groups excluding carboxylic acids is 3. The van der Waals surface area contributed by atoms with Crippen molar-refractivity contribution in [1.82, 2.24) is 10.2 Å². The molecule has 0 spiro atoms. The van der Waals surface area contributed by atoms with Crippen LogP contribution in [0.25, 0.3) is 0 Å². The van der Waals surface area contributed by atoms with Gasteiger partial charge in [-0.1, -0.05) is 0 Å². The number of aliphatic imine (C=N–C) groups is 1. The van der Waals surface area contributed by atoms with E-state index in [1.807, 2.05) is 0 Å². The fourth-order valence-electron chi connectivity index (χ4n) is 2.80. The van der Waals surface area contributed by atoms with E-state index >= 15 is 0 Å². The first-order valence-corrected chi connectivity index (χ1v) is 8.34. The number of nitrogens with one attached hydrogen (secondary N) is 1. The molecular formula is C15H27FN6O3. The second-order valence-electron chi connectivity index (χ2n) is 5.91. The second kappa shape index (κ2) is 10.6. The second-order valence-corrected chi connectivity index (χ2v) is 5.91. The van der Waals surface area contributed by atoms with Crippen LogP contribution in [0.2, 0.25) is 0 Å². The van der Waals surface area contributed by atoms with Gasteiger partial charge in [0, 0.05) is 13.1 Å². The minimum Gasteiger partial charge on any atom is -0.370 e. The van der Waals surface area contributed by atoms with Gasteiger partial charge >= 0.3 is 0 Å². The van der Waals surface area contributed by atoms with Crippen molar-refractivity contribution in [2.45, 2.75) is 44.2 Å². The zero-order chi connectivity index (χ0) is 18.8. The molecule has 2 amide bonds. The molecule has 10 heteroatoms. The van der Waals surface area contributed by atoms with Crippen molar-refractivity contribution in [3.63, 3.8) is 0 Å². The van der Waals surface area contributed by atoms with E-state index in [9.17, 15) is 18.8 Å². The molecule has 9 nitrogen and oxygen atoms in total. The number of likely N-dealkylation sites (tertiary alicyclic amines) is 1. The van der Waals surface area contributed by atoms with E-state index < -0.39 is 30.4 Å². The van der Waals surface area contributed by atoms with Crippen molar-refractivity contribution in [1.29, 1.82) is 0 Å². The maximum absolute atomic E-state index is 12.8. The fraction of sp³-hybridized carbons (Fsp3) is 0.733. The average molecular weight is 358 g/mol. The van der Waals surface area contributed by atoms with Crippen molar-refractivity contribution in [2.75, 3.05) is 26.3 Å². The quantitative estimate of drug-likeness (QED) is 0.221. The number of piperidine rings is 1. The molecular weight excluding hydrogens is 331 g/mol. The predicted octanol–water partition coefficient (Wildman–Crippen LogP) is -1.60. The number of hydrogen-bond donors (Lipinski definition) is 4. The molecule has 2 atom stereocenters. The van der Waals surface area contributed by atoms with E-state index in [1.165, 1.54) is 4.90 Å². The number of nitrogens with two attached hydrogens (primary N) is 3. The van der Waals surface area contributed by atoms with Gasteiger partial charge in [-0.25, -0.2) is 4.39 Å². The van der Waals surface area contributed by atoms with Crippen LogP contribution in [0.15, 0.2) is 4.99 Å². The number of rotatable bonds is 9. The van der Waals surface area contributed by atoms with Crippen LogP contribution < -0.4 is 22.5 Å². The number of Topliss-reactive ketones (excluding diaryl/α,β-unsaturated/α-hetero) is 1. The Morgan fingerprint density at radius 3 is 2.60 bits per heavy atom. The number of amides is 2. The molecule has 0 saturated carbocycles. The Bertz CT molecular complexity index is 509. The topological polar surface area (TPSA) is 157 Å². The van der Waals surface area contributed by atoms with Gasteiger partial charge in [-0.2, -0.15) is 0 Å². The molecule has 1 aliphatic heterocycles. The Balaban J connectivity index is 2.70. The minimum atomic E-state index is -1.18. The first-order chi connectivity index (χ1) is 11.9. The summed E-state index contributed by atoms with van der Waals surface area (Å²) in [7, 11) is 0. The summed E-state index contributed by atoms with van der Waals surface area (Å²) in [6.45, 7) is -0.645. The van der Waals surface area contributed by atoms with Gasteiger partial charge in [0.05, 0.1) is 12.6 Å². The Morgan fingerprint density at radius 1 is 1.28 bits per heavy atom. The summed E-state index contributed by atoms with van der Waals surface area (Å²) in [6.07, 6.45) is 2.69. The fourth-order valence-corrected chi connectivity index (χ4v) is 2.80. The van der Waals surface area contributed by atoms with Gasteiger partial charge < -0.3 is 27.4 Å². The zero-order valence-electron chi connectivity index (χ0n) is 14.2. The number of nitrogens with zero attached hydrogens (tertiary/aromatic N) is 2. The molecule has 142 valence electrons. The van der Waals surface area contributed by atoms with Crippen LogP contribution in [0.3, 0.4) is 0 Å². The predicted molar refractivity (Wildman–Crippen MR) is 91.2 cm³/mol. The molecule has 1 aliphatic rings. The van der Waals surface area contributed by atoms with Crippen molar-refractivity contribution in [3.8, 4) is 0 Å². The highest BCUT2D eigenvalue weighted by Gasteiger charge is 2.33. The van der Waals surface area contributed by atoms with Gasteiger partial charge in [-0.05, 0) is 32.1 Å². The summed E-state index contributed by atoms with van der Waals surface area (Å²) in [4.78, 5) is 41.4. The van der Waals surface area contributed by atoms with Crippen molar-refractivity contribution in [2.24, 2.45) is 22.2 Å². The lowest BCUT2D eigenvalue weighted by molar-refractivity contribution is -0.142. The zero-order valence-corrected chi connectivity index (χ0v) is 14.2. The first-order valence-electron chi connectivity index (χ1n) is 8.34. The molecule has 1 rings (SSSR count). The molecule has 1 heterocycles. The number of guanidine groups is 1. The Morgan fingerprint density at radius 2 is 2.00 bits per heavy atom. The molecule has 7 N–H and O–H groups in total. The van der Waals surface area contributed by atoms with Crippen LogP contribution in [0.5, 0.6) is 0 Å². The third kappa shape index (κ3) is 6.65. The summed E-state index contributed by atoms with van der Waals surface area (Å²) >= 11 is 0. The Labute approximate surface area is 146 Å². The summed E-state index contributed by atoms with van der Waals surface area (Å²) in [5.41, 5.74) is 15.8. The smallest absolute Gasteiger partial charge is 0.243 e. The molecule has 0 aromatic carbocycles. The third-order valence-electron chi connectivity index (χ3n) is 4.08. The van der Waals surface area contributed by atoms with E-state index in [-0.39, 0.29) is 31.4 Å². The molecule has 0 unspecified atom stereocenters. The van der Waals surface area contributed by atoms with Gasteiger partial charge in [-0.3, -0.25) is 19.4 Å². The van der Waals surface area contributed by atoms with Crippen LogP contribution in [0.1, 0.15) is 32.1 Å². The van der Waals surface area contributed by atoms with Gasteiger partial charge in [-0.15, -0.1) is 0 Å². The number of hydrogen-bond acceptors (Lipinski definition) is 5.